The first-order valence-corrected chi connectivity index (χ1v) is 9.81. The normalized spacial score (nSPS) is 10.5. The van der Waals surface area contributed by atoms with Crippen molar-refractivity contribution in [2.45, 2.75) is 0 Å². The molecule has 0 spiro atoms. The molecule has 33 heavy (non-hydrogen) atoms. The van der Waals surface area contributed by atoms with E-state index in [1.165, 1.54) is 53.2 Å². The van der Waals surface area contributed by atoms with Gasteiger partial charge in [0.2, 0.25) is 0 Å². The lowest BCUT2D eigenvalue weighted by atomic mass is 9.98. The number of phenolic OH excluding ortho intramolecular Hbond substituents is 1. The smallest absolute Gasteiger partial charge is 0.269 e. The molecule has 0 aliphatic heterocycles. The first kappa shape index (κ1) is 21.4. The Morgan fingerprint density at radius 3 is 2.03 bits per heavy atom. The fourth-order valence-electron chi connectivity index (χ4n) is 3.36. The monoisotopic (exact) mass is 440 g/mol. The largest absolute Gasteiger partial charge is 0.507 e. The summed E-state index contributed by atoms with van der Waals surface area (Å²) in [4.78, 5) is 49.8. The van der Waals surface area contributed by atoms with Crippen molar-refractivity contribution in [3.8, 4) is 11.4 Å². The maximum absolute atomic E-state index is 13.2. The van der Waals surface area contributed by atoms with E-state index in [-0.39, 0.29) is 33.7 Å². The Morgan fingerprint density at radius 1 is 0.788 bits per heavy atom. The zero-order valence-corrected chi connectivity index (χ0v) is 17.0. The van der Waals surface area contributed by atoms with Crippen LogP contribution < -0.4 is 5.56 Å². The summed E-state index contributed by atoms with van der Waals surface area (Å²) in [5.41, 5.74) is -0.601. The summed E-state index contributed by atoms with van der Waals surface area (Å²) in [5, 5.41) is 21.0. The van der Waals surface area contributed by atoms with Crippen molar-refractivity contribution in [3.05, 3.63) is 134 Å². The van der Waals surface area contributed by atoms with Gasteiger partial charge in [0.25, 0.3) is 11.2 Å². The molecule has 0 amide bonds. The molecule has 1 heterocycles. The van der Waals surface area contributed by atoms with Crippen LogP contribution in [0.2, 0.25) is 0 Å². The predicted molar refractivity (Wildman–Crippen MR) is 120 cm³/mol. The summed E-state index contributed by atoms with van der Waals surface area (Å²) in [5.74, 6) is -1.50. The highest BCUT2D eigenvalue weighted by Gasteiger charge is 2.22. The fourth-order valence-corrected chi connectivity index (χ4v) is 3.36. The second-order valence-corrected chi connectivity index (χ2v) is 7.13. The summed E-state index contributed by atoms with van der Waals surface area (Å²) >= 11 is 0. The highest BCUT2D eigenvalue weighted by Crippen LogP contribution is 2.22. The van der Waals surface area contributed by atoms with Gasteiger partial charge in [0.15, 0.2) is 11.6 Å². The van der Waals surface area contributed by atoms with Crippen LogP contribution in [0.4, 0.5) is 5.69 Å². The molecule has 0 saturated carbocycles. The molecule has 0 radical (unpaired) electrons. The second kappa shape index (κ2) is 8.72. The van der Waals surface area contributed by atoms with Gasteiger partial charge < -0.3 is 5.11 Å². The third-order valence-corrected chi connectivity index (χ3v) is 5.05. The van der Waals surface area contributed by atoms with Crippen molar-refractivity contribution in [1.82, 2.24) is 4.57 Å². The van der Waals surface area contributed by atoms with E-state index in [0.717, 1.165) is 0 Å². The minimum Gasteiger partial charge on any atom is -0.507 e. The zero-order valence-electron chi connectivity index (χ0n) is 17.0. The van der Waals surface area contributed by atoms with Gasteiger partial charge in [0.05, 0.1) is 16.1 Å². The van der Waals surface area contributed by atoms with Crippen LogP contribution in [-0.2, 0) is 0 Å². The Labute approximate surface area is 187 Å². The van der Waals surface area contributed by atoms with Crippen molar-refractivity contribution in [2.24, 2.45) is 0 Å². The number of ketones is 2. The number of nitrogens with zero attached hydrogens (tertiary/aromatic N) is 2. The maximum Gasteiger partial charge on any atom is 0.269 e. The molecular weight excluding hydrogens is 424 g/mol. The Hall–Kier alpha value is -4.85. The average molecular weight is 440 g/mol. The van der Waals surface area contributed by atoms with Crippen LogP contribution in [0.3, 0.4) is 0 Å². The van der Waals surface area contributed by atoms with E-state index >= 15 is 0 Å². The van der Waals surface area contributed by atoms with Gasteiger partial charge in [0, 0.05) is 35.1 Å². The Morgan fingerprint density at radius 2 is 1.39 bits per heavy atom. The van der Waals surface area contributed by atoms with Crippen LogP contribution in [0, 0.1) is 10.1 Å². The molecular formula is C25H16N2O6. The van der Waals surface area contributed by atoms with Crippen LogP contribution in [0.5, 0.6) is 5.75 Å². The number of carbonyl (C=O) groups excluding carboxylic acids is 2. The van der Waals surface area contributed by atoms with Crippen LogP contribution >= 0.6 is 0 Å². The number of hydrogen-bond donors (Lipinski definition) is 1. The molecule has 0 fully saturated rings. The van der Waals surface area contributed by atoms with Crippen molar-refractivity contribution in [1.29, 1.82) is 0 Å². The molecule has 0 saturated heterocycles. The molecule has 0 unspecified atom stereocenters. The highest BCUT2D eigenvalue weighted by atomic mass is 16.6. The number of hydrogen-bond acceptors (Lipinski definition) is 6. The lowest BCUT2D eigenvalue weighted by Gasteiger charge is -2.12. The summed E-state index contributed by atoms with van der Waals surface area (Å²) in [6, 6.07) is 20.4. The Balaban J connectivity index is 1.89. The number of aromatic hydroxyl groups is 1. The van der Waals surface area contributed by atoms with E-state index in [1.54, 1.807) is 42.5 Å². The summed E-state index contributed by atoms with van der Waals surface area (Å²) in [6.45, 7) is 0. The summed E-state index contributed by atoms with van der Waals surface area (Å²) < 4.78 is 1.19. The topological polar surface area (TPSA) is 120 Å². The zero-order chi connectivity index (χ0) is 23.5. The number of nitro benzene ring substituents is 1. The molecule has 3 aromatic carbocycles. The number of benzene rings is 3. The molecule has 0 bridgehead atoms. The van der Waals surface area contributed by atoms with E-state index in [1.807, 2.05) is 0 Å². The standard InChI is InChI=1S/C25H16N2O6/c28-22-9-5-4-8-20(22)24(30)17-14-21(23(29)16-10-12-19(13-11-16)27(32)33)25(31)26(15-17)18-6-2-1-3-7-18/h1-15,28H. The number of nitro groups is 1. The van der Waals surface area contributed by atoms with E-state index in [0.29, 0.717) is 5.69 Å². The number of rotatable bonds is 6. The van der Waals surface area contributed by atoms with E-state index in [2.05, 4.69) is 0 Å². The van der Waals surface area contributed by atoms with Gasteiger partial charge in [-0.3, -0.25) is 29.1 Å². The van der Waals surface area contributed by atoms with Crippen molar-refractivity contribution in [2.75, 3.05) is 0 Å². The molecule has 4 aromatic rings. The van der Waals surface area contributed by atoms with Crippen molar-refractivity contribution >= 4 is 17.3 Å². The molecule has 162 valence electrons. The average Bonchev–Trinajstić information content (AvgIpc) is 2.84. The van der Waals surface area contributed by atoms with Crippen molar-refractivity contribution < 1.29 is 19.6 Å². The summed E-state index contributed by atoms with van der Waals surface area (Å²) in [7, 11) is 0. The van der Waals surface area contributed by atoms with Crippen LogP contribution in [0.15, 0.2) is 95.9 Å². The lowest BCUT2D eigenvalue weighted by Crippen LogP contribution is -2.27. The van der Waals surface area contributed by atoms with Gasteiger partial charge in [0.1, 0.15) is 5.75 Å². The molecule has 8 nitrogen and oxygen atoms in total. The molecule has 0 atom stereocenters. The van der Waals surface area contributed by atoms with Crippen LogP contribution in [0.25, 0.3) is 5.69 Å². The fraction of sp³-hybridized carbons (Fsp3) is 0. The Bertz CT molecular complexity index is 1440. The van der Waals surface area contributed by atoms with Gasteiger partial charge in [-0.05, 0) is 42.5 Å². The molecule has 0 aliphatic carbocycles. The van der Waals surface area contributed by atoms with Gasteiger partial charge in [-0.2, -0.15) is 0 Å². The SMILES string of the molecule is O=C(c1cc(C(=O)c2ccc([N+](=O)[O-])cc2)c(=O)n(-c2ccccc2)c1)c1ccccc1O. The quantitative estimate of drug-likeness (QED) is 0.276. The van der Waals surface area contributed by atoms with E-state index in [4.69, 9.17) is 0 Å². The number of phenols is 1. The predicted octanol–water partition coefficient (Wildman–Crippen LogP) is 3.91. The molecule has 4 rings (SSSR count). The minimum atomic E-state index is -0.688. The van der Waals surface area contributed by atoms with Crippen LogP contribution in [-0.4, -0.2) is 26.2 Å². The van der Waals surface area contributed by atoms with E-state index < -0.39 is 22.0 Å². The number of non-ortho nitro benzene ring substituents is 1. The Kier molecular flexibility index (Phi) is 5.65. The maximum atomic E-state index is 13.2. The minimum absolute atomic E-state index is 0.0181. The highest BCUT2D eigenvalue weighted by molar-refractivity contribution is 6.13. The molecule has 1 N–H and O–H groups in total. The second-order valence-electron chi connectivity index (χ2n) is 7.13. The first-order chi connectivity index (χ1) is 15.9. The van der Waals surface area contributed by atoms with Crippen LogP contribution in [0.1, 0.15) is 31.8 Å². The molecule has 1 aromatic heterocycles. The number of para-hydroxylation sites is 2. The van der Waals surface area contributed by atoms with Gasteiger partial charge in [-0.25, -0.2) is 0 Å². The lowest BCUT2D eigenvalue weighted by molar-refractivity contribution is -0.384. The molecule has 0 aliphatic rings. The summed E-state index contributed by atoms with van der Waals surface area (Å²) in [6.07, 6.45) is 1.32. The van der Waals surface area contributed by atoms with E-state index in [9.17, 15) is 29.6 Å². The van der Waals surface area contributed by atoms with Crippen molar-refractivity contribution in [3.63, 3.8) is 0 Å². The van der Waals surface area contributed by atoms with Gasteiger partial charge in [-0.1, -0.05) is 30.3 Å². The number of carbonyl (C=O) groups is 2. The molecule has 8 heteroatoms. The number of aromatic nitrogens is 1. The number of pyridine rings is 1. The van der Waals surface area contributed by atoms with Gasteiger partial charge in [-0.15, -0.1) is 0 Å². The third-order valence-electron chi connectivity index (χ3n) is 5.05. The van der Waals surface area contributed by atoms with Gasteiger partial charge >= 0.3 is 0 Å². The first-order valence-electron chi connectivity index (χ1n) is 9.81. The third kappa shape index (κ3) is 4.17.